The number of amides is 1. The number of aromatic nitrogens is 2. The van der Waals surface area contributed by atoms with Crippen molar-refractivity contribution in [3.8, 4) is 6.07 Å². The first-order valence-corrected chi connectivity index (χ1v) is 6.12. The van der Waals surface area contributed by atoms with Gasteiger partial charge in [0.1, 0.15) is 18.2 Å². The molecule has 1 heterocycles. The van der Waals surface area contributed by atoms with Crippen molar-refractivity contribution in [3.63, 3.8) is 0 Å². The summed E-state index contributed by atoms with van der Waals surface area (Å²) in [6, 6.07) is 1.86. The van der Waals surface area contributed by atoms with Crippen LogP contribution < -0.4 is 10.9 Å². The molecule has 0 bridgehead atoms. The van der Waals surface area contributed by atoms with Gasteiger partial charge in [-0.15, -0.1) is 0 Å². The molecule has 1 aromatic rings. The van der Waals surface area contributed by atoms with Crippen LogP contribution in [0, 0.1) is 31.1 Å². The van der Waals surface area contributed by atoms with Crippen molar-refractivity contribution < 1.29 is 4.79 Å². The third-order valence-corrected chi connectivity index (χ3v) is 2.75. The summed E-state index contributed by atoms with van der Waals surface area (Å²) in [6.07, 6.45) is 0. The maximum Gasteiger partial charge on any atom is 0.285 e. The average Bonchev–Trinajstić information content (AvgIpc) is 2.34. The highest BCUT2D eigenvalue weighted by atomic mass is 16.2. The molecule has 0 aliphatic heterocycles. The van der Waals surface area contributed by atoms with Crippen molar-refractivity contribution in [2.24, 2.45) is 5.92 Å². The van der Waals surface area contributed by atoms with E-state index in [9.17, 15) is 9.59 Å². The van der Waals surface area contributed by atoms with E-state index < -0.39 is 5.56 Å². The van der Waals surface area contributed by atoms with Crippen molar-refractivity contribution >= 4 is 5.91 Å². The smallest absolute Gasteiger partial charge is 0.285 e. The lowest BCUT2D eigenvalue weighted by Crippen LogP contribution is -2.36. The first kappa shape index (κ1) is 14.9. The molecule has 0 unspecified atom stereocenters. The molecule has 0 aliphatic rings. The maximum absolute atomic E-state index is 11.9. The van der Waals surface area contributed by atoms with Crippen molar-refractivity contribution in [1.29, 1.82) is 5.26 Å². The minimum Gasteiger partial charge on any atom is -0.354 e. The molecule has 1 N–H and O–H groups in total. The van der Waals surface area contributed by atoms with Crippen molar-refractivity contribution in [1.82, 2.24) is 15.1 Å². The molecule has 1 rings (SSSR count). The topological polar surface area (TPSA) is 87.8 Å². The van der Waals surface area contributed by atoms with Crippen LogP contribution in [0.4, 0.5) is 0 Å². The molecule has 0 aliphatic carbocycles. The lowest BCUT2D eigenvalue weighted by molar-refractivity contribution is -0.122. The molecular formula is C13H18N4O2. The number of carbonyl (C=O) groups is 1. The Kier molecular flexibility index (Phi) is 4.81. The zero-order valence-electron chi connectivity index (χ0n) is 11.6. The number of rotatable bonds is 4. The molecule has 19 heavy (non-hydrogen) atoms. The first-order chi connectivity index (χ1) is 8.86. The average molecular weight is 262 g/mol. The predicted molar refractivity (Wildman–Crippen MR) is 70.5 cm³/mol. The summed E-state index contributed by atoms with van der Waals surface area (Å²) in [6.45, 7) is 7.72. The Bertz CT molecular complexity index is 582. The molecule has 0 saturated carbocycles. The lowest BCUT2D eigenvalue weighted by Gasteiger charge is -2.10. The highest BCUT2D eigenvalue weighted by molar-refractivity contribution is 5.75. The van der Waals surface area contributed by atoms with Crippen LogP contribution in [0.2, 0.25) is 0 Å². The van der Waals surface area contributed by atoms with Crippen molar-refractivity contribution in [3.05, 3.63) is 27.2 Å². The van der Waals surface area contributed by atoms with Gasteiger partial charge < -0.3 is 5.32 Å². The number of hydrogen-bond acceptors (Lipinski definition) is 4. The summed E-state index contributed by atoms with van der Waals surface area (Å²) < 4.78 is 1.04. The highest BCUT2D eigenvalue weighted by Gasteiger charge is 2.13. The number of aryl methyl sites for hydroxylation is 1. The molecule has 0 atom stereocenters. The largest absolute Gasteiger partial charge is 0.354 e. The molecule has 0 saturated heterocycles. The van der Waals surface area contributed by atoms with Gasteiger partial charge in [0.05, 0.1) is 5.69 Å². The van der Waals surface area contributed by atoms with Crippen molar-refractivity contribution in [2.75, 3.05) is 6.54 Å². The number of nitrogens with zero attached hydrogens (tertiary/aromatic N) is 3. The van der Waals surface area contributed by atoms with Crippen LogP contribution in [0.5, 0.6) is 0 Å². The van der Waals surface area contributed by atoms with Gasteiger partial charge in [-0.2, -0.15) is 10.4 Å². The number of hydrogen-bond donors (Lipinski definition) is 1. The fourth-order valence-corrected chi connectivity index (χ4v) is 1.52. The Morgan fingerprint density at radius 2 is 2.11 bits per heavy atom. The second-order valence-corrected chi connectivity index (χ2v) is 4.86. The molecule has 6 heteroatoms. The van der Waals surface area contributed by atoms with E-state index in [2.05, 4.69) is 10.4 Å². The third-order valence-electron chi connectivity index (χ3n) is 2.75. The van der Waals surface area contributed by atoms with E-state index in [-0.39, 0.29) is 18.0 Å². The molecule has 0 spiro atoms. The number of nitrogens with one attached hydrogen (secondary N) is 1. The van der Waals surface area contributed by atoms with Crippen LogP contribution in [0.25, 0.3) is 0 Å². The van der Waals surface area contributed by atoms with E-state index in [0.29, 0.717) is 23.7 Å². The Balaban J connectivity index is 2.98. The first-order valence-electron chi connectivity index (χ1n) is 6.12. The second kappa shape index (κ2) is 6.14. The summed E-state index contributed by atoms with van der Waals surface area (Å²) in [4.78, 5) is 23.6. The molecular weight excluding hydrogens is 244 g/mol. The minimum atomic E-state index is -0.523. The van der Waals surface area contributed by atoms with Gasteiger partial charge in [-0.25, -0.2) is 4.68 Å². The van der Waals surface area contributed by atoms with Gasteiger partial charge in [0.25, 0.3) is 5.56 Å². The molecule has 0 aromatic carbocycles. The van der Waals surface area contributed by atoms with Gasteiger partial charge in [0.15, 0.2) is 0 Å². The fraction of sp³-hybridized carbons (Fsp3) is 0.538. The van der Waals surface area contributed by atoms with Crippen LogP contribution in [-0.2, 0) is 11.3 Å². The summed E-state index contributed by atoms with van der Waals surface area (Å²) in [5.41, 5.74) is 0.661. The molecule has 1 amide bonds. The van der Waals surface area contributed by atoms with E-state index in [1.807, 2.05) is 19.9 Å². The van der Waals surface area contributed by atoms with Gasteiger partial charge in [-0.3, -0.25) is 9.59 Å². The minimum absolute atomic E-state index is 0.0455. The second-order valence-electron chi connectivity index (χ2n) is 4.86. The van der Waals surface area contributed by atoms with Gasteiger partial charge in [-0.05, 0) is 25.3 Å². The van der Waals surface area contributed by atoms with Crippen LogP contribution >= 0.6 is 0 Å². The van der Waals surface area contributed by atoms with E-state index >= 15 is 0 Å². The summed E-state index contributed by atoms with van der Waals surface area (Å²) >= 11 is 0. The quantitative estimate of drug-likeness (QED) is 0.856. The van der Waals surface area contributed by atoms with Gasteiger partial charge >= 0.3 is 0 Å². The summed E-state index contributed by atoms with van der Waals surface area (Å²) in [5.74, 6) is 0.0542. The monoisotopic (exact) mass is 262 g/mol. The highest BCUT2D eigenvalue weighted by Crippen LogP contribution is 2.04. The Morgan fingerprint density at radius 1 is 1.47 bits per heavy atom. The Hall–Kier alpha value is -2.16. The third kappa shape index (κ3) is 3.65. The molecule has 0 fully saturated rings. The Morgan fingerprint density at radius 3 is 2.63 bits per heavy atom. The summed E-state index contributed by atoms with van der Waals surface area (Å²) in [7, 11) is 0. The normalized spacial score (nSPS) is 10.3. The molecule has 102 valence electrons. The van der Waals surface area contributed by atoms with Gasteiger partial charge in [0.2, 0.25) is 5.91 Å². The van der Waals surface area contributed by atoms with E-state index in [4.69, 9.17) is 5.26 Å². The maximum atomic E-state index is 11.9. The predicted octanol–water partition coefficient (Wildman–Crippen LogP) is 0.504. The summed E-state index contributed by atoms with van der Waals surface area (Å²) in [5, 5.41) is 15.7. The number of nitriles is 1. The van der Waals surface area contributed by atoms with Crippen LogP contribution in [0.1, 0.15) is 30.7 Å². The van der Waals surface area contributed by atoms with Crippen LogP contribution in [0.3, 0.4) is 0 Å². The zero-order chi connectivity index (χ0) is 14.6. The molecule has 6 nitrogen and oxygen atoms in total. The molecule has 1 aromatic heterocycles. The van der Waals surface area contributed by atoms with Crippen LogP contribution in [0.15, 0.2) is 4.79 Å². The standard InChI is InChI=1S/C13H18N4O2/c1-8(2)6-15-12(18)7-17-13(19)11(5-14)9(3)10(4)16-17/h8H,6-7H2,1-4H3,(H,15,18). The Labute approximate surface area is 112 Å². The van der Waals surface area contributed by atoms with Crippen LogP contribution in [-0.4, -0.2) is 22.2 Å². The van der Waals surface area contributed by atoms with E-state index in [0.717, 1.165) is 4.68 Å². The molecule has 0 radical (unpaired) electrons. The number of carbonyl (C=O) groups excluding carboxylic acids is 1. The van der Waals surface area contributed by atoms with Gasteiger partial charge in [0, 0.05) is 6.54 Å². The fourth-order valence-electron chi connectivity index (χ4n) is 1.52. The zero-order valence-corrected chi connectivity index (χ0v) is 11.6. The van der Waals surface area contributed by atoms with E-state index in [1.54, 1.807) is 13.8 Å². The van der Waals surface area contributed by atoms with E-state index in [1.165, 1.54) is 0 Å². The van der Waals surface area contributed by atoms with Crippen molar-refractivity contribution in [2.45, 2.75) is 34.2 Å². The lowest BCUT2D eigenvalue weighted by atomic mass is 10.1. The van der Waals surface area contributed by atoms with Gasteiger partial charge in [-0.1, -0.05) is 13.8 Å². The SMILES string of the molecule is Cc1nn(CC(=O)NCC(C)C)c(=O)c(C#N)c1C.